The highest BCUT2D eigenvalue weighted by atomic mass is 16.6. The predicted octanol–water partition coefficient (Wildman–Crippen LogP) is 4.13. The summed E-state index contributed by atoms with van der Waals surface area (Å²) in [5.74, 6) is -0.207. The highest BCUT2D eigenvalue weighted by Crippen LogP contribution is 2.35. The van der Waals surface area contributed by atoms with Crippen molar-refractivity contribution >= 4 is 17.7 Å². The normalized spacial score (nSPS) is 12.8. The van der Waals surface area contributed by atoms with E-state index in [0.717, 1.165) is 5.56 Å². The van der Waals surface area contributed by atoms with Crippen molar-refractivity contribution in [3.05, 3.63) is 71.8 Å². The Morgan fingerprint density at radius 1 is 1.12 bits per heavy atom. The molecule has 0 aliphatic heterocycles. The van der Waals surface area contributed by atoms with Crippen LogP contribution in [0.5, 0.6) is 5.75 Å². The first-order valence-electron chi connectivity index (χ1n) is 10.4. The molecule has 2 aromatic carbocycles. The van der Waals surface area contributed by atoms with Crippen LogP contribution in [-0.4, -0.2) is 35.5 Å². The van der Waals surface area contributed by atoms with Gasteiger partial charge in [0.15, 0.2) is 0 Å². The molecule has 2 atom stereocenters. The first-order valence-corrected chi connectivity index (χ1v) is 10.4. The van der Waals surface area contributed by atoms with Crippen molar-refractivity contribution < 1.29 is 29.4 Å². The summed E-state index contributed by atoms with van der Waals surface area (Å²) in [5.41, 5.74) is 3.92. The van der Waals surface area contributed by atoms with E-state index in [1.165, 1.54) is 6.08 Å². The first-order chi connectivity index (χ1) is 15.4. The third kappa shape index (κ3) is 8.05. The maximum absolute atomic E-state index is 12.7. The predicted molar refractivity (Wildman–Crippen MR) is 121 cm³/mol. The van der Waals surface area contributed by atoms with Crippen molar-refractivity contribution in [2.75, 3.05) is 18.5 Å². The Morgan fingerprint density at radius 3 is 2.53 bits per heavy atom. The number of nitrogens with one attached hydrogen (secondary N) is 2. The minimum atomic E-state index is -0.629. The van der Waals surface area contributed by atoms with Crippen molar-refractivity contribution in [1.29, 1.82) is 0 Å². The Balaban J connectivity index is 2.18. The Morgan fingerprint density at radius 2 is 1.84 bits per heavy atom. The van der Waals surface area contributed by atoms with Crippen LogP contribution < -0.4 is 15.5 Å². The highest BCUT2D eigenvalue weighted by Gasteiger charge is 2.26. The number of carbonyl (C=O) groups is 2. The number of para-hydroxylation sites is 1. The van der Waals surface area contributed by atoms with E-state index in [9.17, 15) is 9.59 Å². The zero-order valence-electron chi connectivity index (χ0n) is 18.3. The lowest BCUT2D eigenvalue weighted by molar-refractivity contribution is -0.124. The number of ether oxygens (including phenoxy) is 2. The van der Waals surface area contributed by atoms with Gasteiger partial charge in [0.2, 0.25) is 0 Å². The Bertz CT molecular complexity index is 898. The van der Waals surface area contributed by atoms with E-state index in [1.54, 1.807) is 35.8 Å². The maximum Gasteiger partial charge on any atom is 0.412 e. The lowest BCUT2D eigenvalue weighted by Gasteiger charge is -2.26. The molecule has 32 heavy (non-hydrogen) atoms. The van der Waals surface area contributed by atoms with Gasteiger partial charge in [-0.25, -0.2) is 10.3 Å². The van der Waals surface area contributed by atoms with Gasteiger partial charge in [0, 0.05) is 17.3 Å². The van der Waals surface area contributed by atoms with Crippen molar-refractivity contribution in [3.63, 3.8) is 0 Å². The first kappa shape index (κ1) is 24.9. The molecular weight excluding hydrogens is 412 g/mol. The molecule has 0 aromatic heterocycles. The van der Waals surface area contributed by atoms with E-state index in [1.807, 2.05) is 38.1 Å². The Kier molecular flexibility index (Phi) is 10.2. The number of anilines is 1. The molecule has 0 heterocycles. The molecule has 8 nitrogen and oxygen atoms in total. The van der Waals surface area contributed by atoms with Crippen LogP contribution in [0, 0.1) is 12.8 Å². The Labute approximate surface area is 187 Å². The van der Waals surface area contributed by atoms with Gasteiger partial charge < -0.3 is 14.6 Å². The van der Waals surface area contributed by atoms with E-state index in [0.29, 0.717) is 29.8 Å². The largest absolute Gasteiger partial charge is 0.491 e. The molecule has 0 spiro atoms. The Hall–Kier alpha value is -3.36. The van der Waals surface area contributed by atoms with Gasteiger partial charge in [-0.3, -0.25) is 15.3 Å². The molecule has 0 aliphatic carbocycles. The minimum Gasteiger partial charge on any atom is -0.491 e. The summed E-state index contributed by atoms with van der Waals surface area (Å²) in [4.78, 5) is 23.8. The molecule has 0 aliphatic rings. The average Bonchev–Trinajstić information content (AvgIpc) is 2.80. The summed E-state index contributed by atoms with van der Waals surface area (Å²) in [6.07, 6.45) is 2.79. The second-order valence-electron chi connectivity index (χ2n) is 7.36. The van der Waals surface area contributed by atoms with Crippen LogP contribution >= 0.6 is 0 Å². The fourth-order valence-electron chi connectivity index (χ4n) is 3.13. The second kappa shape index (κ2) is 13.1. The van der Waals surface area contributed by atoms with Crippen LogP contribution in [0.15, 0.2) is 60.7 Å². The molecule has 0 saturated carbocycles. The summed E-state index contributed by atoms with van der Waals surface area (Å²) in [6.45, 7) is 3.88. The number of carbonyl (C=O) groups excluding carboxylic acids is 2. The smallest absolute Gasteiger partial charge is 0.412 e. The molecule has 4 N–H and O–H groups in total. The van der Waals surface area contributed by atoms with Crippen LogP contribution in [0.4, 0.5) is 10.5 Å². The average molecular weight is 443 g/mol. The molecule has 0 saturated heterocycles. The van der Waals surface area contributed by atoms with E-state index in [2.05, 4.69) is 5.32 Å². The number of amides is 2. The topological polar surface area (TPSA) is 117 Å². The molecule has 0 radical (unpaired) electrons. The zero-order chi connectivity index (χ0) is 23.3. The quantitative estimate of drug-likeness (QED) is 0.236. The van der Waals surface area contributed by atoms with Gasteiger partial charge in [-0.1, -0.05) is 48.9 Å². The molecule has 0 fully saturated rings. The molecular formula is C24H30N2O6. The van der Waals surface area contributed by atoms with Gasteiger partial charge in [-0.15, -0.1) is 0 Å². The molecule has 0 unspecified atom stereocenters. The third-order valence-electron chi connectivity index (χ3n) is 4.79. The number of rotatable bonds is 11. The van der Waals surface area contributed by atoms with Gasteiger partial charge >= 0.3 is 6.09 Å². The maximum atomic E-state index is 12.7. The number of hydrogen-bond acceptors (Lipinski definition) is 6. The van der Waals surface area contributed by atoms with Crippen molar-refractivity contribution in [1.82, 2.24) is 5.48 Å². The van der Waals surface area contributed by atoms with Crippen LogP contribution in [0.2, 0.25) is 0 Å². The summed E-state index contributed by atoms with van der Waals surface area (Å²) in [5, 5.41) is 20.4. The molecule has 2 rings (SSSR count). The molecule has 2 aromatic rings. The number of allylic oxidation sites excluding steroid dienone is 1. The number of aryl methyl sites for hydroxylation is 1. The summed E-state index contributed by atoms with van der Waals surface area (Å²) < 4.78 is 11.5. The number of hydrogen-bond donors (Lipinski definition) is 4. The van der Waals surface area contributed by atoms with Gasteiger partial charge in [0.05, 0.1) is 6.61 Å². The third-order valence-corrected chi connectivity index (χ3v) is 4.79. The van der Waals surface area contributed by atoms with Crippen LogP contribution in [0.25, 0.3) is 0 Å². The minimum absolute atomic E-state index is 0.118. The standard InChI is InChI=1S/C24H30N2O6/c1-17-11-13-19(14-12-17)25-24(29)32-23(18(2)7-3-6-10-22(28)26-30)20-8-4-5-9-21(20)31-16-15-27/h4-6,8-14,18,23,27,30H,3,7,15-16H2,1-2H3,(H,25,29)(H,26,28)/b10-6+/t18-,23+/m1/s1. The van der Waals surface area contributed by atoms with E-state index < -0.39 is 18.1 Å². The van der Waals surface area contributed by atoms with Crippen molar-refractivity contribution in [2.24, 2.45) is 5.92 Å². The second-order valence-corrected chi connectivity index (χ2v) is 7.36. The van der Waals surface area contributed by atoms with E-state index in [-0.39, 0.29) is 19.1 Å². The van der Waals surface area contributed by atoms with Crippen molar-refractivity contribution in [2.45, 2.75) is 32.8 Å². The van der Waals surface area contributed by atoms with Crippen LogP contribution in [0.3, 0.4) is 0 Å². The number of benzene rings is 2. The lowest BCUT2D eigenvalue weighted by Crippen LogP contribution is -2.22. The summed E-state index contributed by atoms with van der Waals surface area (Å²) in [7, 11) is 0. The SMILES string of the molecule is Cc1ccc(NC(=O)O[C@H](c2ccccc2OCCO)[C@H](C)CC/C=C/C(=O)NO)cc1. The fraction of sp³-hybridized carbons (Fsp3) is 0.333. The highest BCUT2D eigenvalue weighted by molar-refractivity contribution is 5.86. The zero-order valence-corrected chi connectivity index (χ0v) is 18.3. The summed E-state index contributed by atoms with van der Waals surface area (Å²) in [6, 6.07) is 14.6. The number of aliphatic hydroxyl groups excluding tert-OH is 1. The van der Waals surface area contributed by atoms with Gasteiger partial charge in [0.1, 0.15) is 18.5 Å². The molecule has 0 bridgehead atoms. The summed E-state index contributed by atoms with van der Waals surface area (Å²) >= 11 is 0. The lowest BCUT2D eigenvalue weighted by atomic mass is 9.92. The van der Waals surface area contributed by atoms with E-state index in [4.69, 9.17) is 19.8 Å². The van der Waals surface area contributed by atoms with Gasteiger partial charge in [-0.05, 0) is 43.9 Å². The van der Waals surface area contributed by atoms with Crippen molar-refractivity contribution in [3.8, 4) is 5.75 Å². The van der Waals surface area contributed by atoms with Crippen LogP contribution in [0.1, 0.15) is 37.0 Å². The van der Waals surface area contributed by atoms with Crippen LogP contribution in [-0.2, 0) is 9.53 Å². The van der Waals surface area contributed by atoms with E-state index >= 15 is 0 Å². The number of aliphatic hydroxyl groups is 1. The monoisotopic (exact) mass is 442 g/mol. The molecule has 2 amide bonds. The molecule has 8 heteroatoms. The molecule has 172 valence electrons. The number of hydroxylamine groups is 1. The van der Waals surface area contributed by atoms with Gasteiger partial charge in [0.25, 0.3) is 5.91 Å². The van der Waals surface area contributed by atoms with Gasteiger partial charge in [-0.2, -0.15) is 0 Å². The fourth-order valence-corrected chi connectivity index (χ4v) is 3.13.